The van der Waals surface area contributed by atoms with Crippen molar-refractivity contribution in [2.24, 2.45) is 0 Å². The van der Waals surface area contributed by atoms with E-state index in [-0.39, 0.29) is 6.09 Å². The van der Waals surface area contributed by atoms with Crippen molar-refractivity contribution in [2.75, 3.05) is 13.1 Å². The van der Waals surface area contributed by atoms with Crippen LogP contribution in [-0.2, 0) is 4.74 Å². The zero-order valence-corrected chi connectivity index (χ0v) is 14.2. The summed E-state index contributed by atoms with van der Waals surface area (Å²) in [5.41, 5.74) is 0.995. The Bertz CT molecular complexity index is 343. The summed E-state index contributed by atoms with van der Waals surface area (Å²) in [5, 5.41) is 0. The van der Waals surface area contributed by atoms with E-state index >= 15 is 0 Å². The third-order valence-electron chi connectivity index (χ3n) is 2.77. The molecule has 0 saturated carbocycles. The average molecular weight is 284 g/mol. The minimum atomic E-state index is -1.24. The van der Waals surface area contributed by atoms with Gasteiger partial charge in [0.05, 0.1) is 0 Å². The summed E-state index contributed by atoms with van der Waals surface area (Å²) >= 11 is 0. The number of carbonyl (C=O) groups excluding carboxylic acids is 1. The Kier molecular flexibility index (Phi) is 5.07. The quantitative estimate of drug-likeness (QED) is 0.791. The molecule has 4 nitrogen and oxygen atoms in total. The van der Waals surface area contributed by atoms with Crippen molar-refractivity contribution < 1.29 is 9.53 Å². The maximum absolute atomic E-state index is 11.9. The maximum atomic E-state index is 11.9. The predicted octanol–water partition coefficient (Wildman–Crippen LogP) is 3.33. The number of amides is 1. The number of hydrogen-bond acceptors (Lipinski definition) is 3. The van der Waals surface area contributed by atoms with Crippen molar-refractivity contribution in [1.82, 2.24) is 9.88 Å². The van der Waals surface area contributed by atoms with Crippen molar-refractivity contribution >= 4 is 14.3 Å². The third-order valence-corrected chi connectivity index (χ3v) is 3.78. The van der Waals surface area contributed by atoms with Gasteiger partial charge in [-0.25, -0.2) is 4.79 Å². The maximum Gasteiger partial charge on any atom is 0.410 e. The minimum absolute atomic E-state index is 0.190. The molecule has 1 N–H and O–H groups in total. The van der Waals surface area contributed by atoms with E-state index in [0.29, 0.717) is 0 Å². The van der Waals surface area contributed by atoms with Crippen molar-refractivity contribution in [3.63, 3.8) is 0 Å². The molecule has 0 aromatic rings. The van der Waals surface area contributed by atoms with Gasteiger partial charge in [-0.3, -0.25) is 0 Å². The van der Waals surface area contributed by atoms with Gasteiger partial charge in [-0.05, 0) is 39.8 Å². The number of likely N-dealkylation sites (tertiary alicyclic amines) is 1. The first kappa shape index (κ1) is 16.1. The van der Waals surface area contributed by atoms with Gasteiger partial charge in [0, 0.05) is 13.1 Å². The van der Waals surface area contributed by atoms with Crippen LogP contribution in [0, 0.1) is 0 Å². The summed E-state index contributed by atoms with van der Waals surface area (Å²) in [6.45, 7) is 14.1. The van der Waals surface area contributed by atoms with Gasteiger partial charge in [-0.1, -0.05) is 25.2 Å². The van der Waals surface area contributed by atoms with Gasteiger partial charge in [-0.2, -0.15) is 0 Å². The Morgan fingerprint density at radius 1 is 1.26 bits per heavy atom. The topological polar surface area (TPSA) is 41.6 Å². The first-order valence-electron chi connectivity index (χ1n) is 7.00. The Balaban J connectivity index is 2.43. The van der Waals surface area contributed by atoms with Crippen LogP contribution in [0.15, 0.2) is 11.8 Å². The van der Waals surface area contributed by atoms with Gasteiger partial charge in [0.1, 0.15) is 13.8 Å². The second kappa shape index (κ2) is 5.99. The third kappa shape index (κ3) is 6.66. The molecule has 1 fully saturated rings. The van der Waals surface area contributed by atoms with Crippen LogP contribution >= 0.6 is 0 Å². The van der Waals surface area contributed by atoms with Crippen LogP contribution in [-0.4, -0.2) is 37.9 Å². The lowest BCUT2D eigenvalue weighted by Crippen LogP contribution is -2.41. The fourth-order valence-corrected chi connectivity index (χ4v) is 2.40. The van der Waals surface area contributed by atoms with E-state index in [1.165, 1.54) is 5.57 Å². The molecule has 0 spiro atoms. The summed E-state index contributed by atoms with van der Waals surface area (Å²) < 4.78 is 5.39. The smallest absolute Gasteiger partial charge is 0.410 e. The van der Waals surface area contributed by atoms with Gasteiger partial charge in [0.15, 0.2) is 0 Å². The first-order chi connectivity index (χ1) is 8.57. The van der Waals surface area contributed by atoms with Crippen molar-refractivity contribution in [1.29, 1.82) is 0 Å². The second-order valence-electron chi connectivity index (χ2n) is 7.16. The average Bonchev–Trinajstić information content (AvgIpc) is 2.23. The molecule has 19 heavy (non-hydrogen) atoms. The highest BCUT2D eigenvalue weighted by Crippen LogP contribution is 2.18. The predicted molar refractivity (Wildman–Crippen MR) is 81.6 cm³/mol. The second-order valence-corrected chi connectivity index (χ2v) is 12.0. The standard InChI is InChI=1S/C14H28N2O2Si/c1-14(2,3)18-13(17)16-9-7-12(8-10-16)11-15-19(4,5)6/h11,15H,7-10H2,1-6H3. The highest BCUT2D eigenvalue weighted by atomic mass is 28.3. The lowest BCUT2D eigenvalue weighted by atomic mass is 10.1. The molecule has 1 saturated heterocycles. The molecule has 0 aromatic heterocycles. The van der Waals surface area contributed by atoms with E-state index in [9.17, 15) is 4.79 Å². The molecule has 5 heteroatoms. The van der Waals surface area contributed by atoms with E-state index in [4.69, 9.17) is 4.74 Å². The number of ether oxygens (including phenoxy) is 1. The normalized spacial score (nSPS) is 17.2. The SMILES string of the molecule is CC(C)(C)OC(=O)N1CCC(=CN[Si](C)(C)C)CC1. The Hall–Kier alpha value is -0.973. The number of piperidine rings is 1. The lowest BCUT2D eigenvalue weighted by Gasteiger charge is -2.31. The Labute approximate surface area is 118 Å². The molecule has 0 unspecified atom stereocenters. The fraction of sp³-hybridized carbons (Fsp3) is 0.786. The molecule has 0 bridgehead atoms. The molecule has 110 valence electrons. The van der Waals surface area contributed by atoms with Crippen LogP contribution < -0.4 is 4.98 Å². The van der Waals surface area contributed by atoms with Crippen LogP contribution in [0.4, 0.5) is 4.79 Å². The zero-order chi connectivity index (χ0) is 14.7. The van der Waals surface area contributed by atoms with Crippen LogP contribution in [0.5, 0.6) is 0 Å². The first-order valence-corrected chi connectivity index (χ1v) is 10.5. The van der Waals surface area contributed by atoms with E-state index < -0.39 is 13.8 Å². The number of rotatable bonds is 2. The van der Waals surface area contributed by atoms with Crippen LogP contribution in [0.25, 0.3) is 0 Å². The van der Waals surface area contributed by atoms with Gasteiger partial charge < -0.3 is 14.6 Å². The summed E-state index contributed by atoms with van der Waals surface area (Å²) in [5.74, 6) is 0. The summed E-state index contributed by atoms with van der Waals surface area (Å²) in [6, 6.07) is 0. The Morgan fingerprint density at radius 3 is 2.21 bits per heavy atom. The van der Waals surface area contributed by atoms with E-state index in [0.717, 1.165) is 25.9 Å². The monoisotopic (exact) mass is 284 g/mol. The van der Waals surface area contributed by atoms with Gasteiger partial charge in [0.2, 0.25) is 0 Å². The summed E-state index contributed by atoms with van der Waals surface area (Å²) in [7, 11) is -1.24. The fourth-order valence-electron chi connectivity index (χ4n) is 1.77. The number of carbonyl (C=O) groups is 1. The van der Waals surface area contributed by atoms with E-state index in [1.807, 2.05) is 20.8 Å². The molecule has 0 aromatic carbocycles. The number of hydrogen-bond donors (Lipinski definition) is 1. The van der Waals surface area contributed by atoms with Crippen molar-refractivity contribution in [3.05, 3.63) is 11.8 Å². The van der Waals surface area contributed by atoms with Crippen molar-refractivity contribution in [3.8, 4) is 0 Å². The minimum Gasteiger partial charge on any atom is -0.444 e. The highest BCUT2D eigenvalue weighted by Gasteiger charge is 2.24. The van der Waals surface area contributed by atoms with Gasteiger partial charge in [0.25, 0.3) is 0 Å². The molecule has 1 amide bonds. The number of nitrogens with zero attached hydrogens (tertiary/aromatic N) is 1. The van der Waals surface area contributed by atoms with Crippen LogP contribution in [0.1, 0.15) is 33.6 Å². The van der Waals surface area contributed by atoms with Crippen LogP contribution in [0.2, 0.25) is 19.6 Å². The zero-order valence-electron chi connectivity index (χ0n) is 13.2. The Morgan fingerprint density at radius 2 is 1.79 bits per heavy atom. The molecule has 1 aliphatic rings. The van der Waals surface area contributed by atoms with Crippen LogP contribution in [0.3, 0.4) is 0 Å². The molecular weight excluding hydrogens is 256 g/mol. The number of nitrogens with one attached hydrogen (secondary N) is 1. The molecule has 1 rings (SSSR count). The largest absolute Gasteiger partial charge is 0.444 e. The van der Waals surface area contributed by atoms with Gasteiger partial charge in [-0.15, -0.1) is 0 Å². The molecule has 0 aliphatic carbocycles. The summed E-state index contributed by atoms with van der Waals surface area (Å²) in [4.78, 5) is 17.2. The molecule has 1 heterocycles. The van der Waals surface area contributed by atoms with E-state index in [2.05, 4.69) is 30.8 Å². The summed E-state index contributed by atoms with van der Waals surface area (Å²) in [6.07, 6.45) is 3.86. The molecule has 1 aliphatic heterocycles. The molecule has 0 atom stereocenters. The van der Waals surface area contributed by atoms with Gasteiger partial charge >= 0.3 is 6.09 Å². The molecular formula is C14H28N2O2Si. The molecule has 0 radical (unpaired) electrons. The van der Waals surface area contributed by atoms with E-state index in [1.54, 1.807) is 4.90 Å². The van der Waals surface area contributed by atoms with Crippen molar-refractivity contribution in [2.45, 2.75) is 58.9 Å². The lowest BCUT2D eigenvalue weighted by molar-refractivity contribution is 0.0236. The highest BCUT2D eigenvalue weighted by molar-refractivity contribution is 6.73.